The predicted molar refractivity (Wildman–Crippen MR) is 93.7 cm³/mol. The Morgan fingerprint density at radius 2 is 2.21 bits per heavy atom. The normalized spacial score (nSPS) is 13.8. The van der Waals surface area contributed by atoms with Crippen molar-refractivity contribution in [2.75, 3.05) is 5.32 Å². The zero-order valence-corrected chi connectivity index (χ0v) is 14.5. The van der Waals surface area contributed by atoms with Crippen LogP contribution in [-0.4, -0.2) is 25.7 Å². The standard InChI is InChI=1S/C15H15N5O2S2/c21-11(18-15-19-17-8-23-15)5-6-20-7-16-13-12(14(20)22)9-3-1-2-4-10(9)24-13/h7-8H,1-6H2,(H,18,19,21). The van der Waals surface area contributed by atoms with Crippen molar-refractivity contribution in [3.8, 4) is 0 Å². The number of thiophene rings is 1. The van der Waals surface area contributed by atoms with Crippen molar-refractivity contribution in [3.63, 3.8) is 0 Å². The van der Waals surface area contributed by atoms with Crippen LogP contribution in [0.2, 0.25) is 0 Å². The molecule has 124 valence electrons. The molecule has 3 heterocycles. The molecule has 0 unspecified atom stereocenters. The average Bonchev–Trinajstić information content (AvgIpc) is 3.21. The second-order valence-electron chi connectivity index (χ2n) is 5.68. The number of hydrogen-bond acceptors (Lipinski definition) is 7. The second kappa shape index (κ2) is 6.40. The van der Waals surface area contributed by atoms with Crippen LogP contribution in [0.15, 0.2) is 16.6 Å². The molecule has 0 saturated heterocycles. The third-order valence-corrected chi connectivity index (χ3v) is 5.93. The zero-order chi connectivity index (χ0) is 16.5. The van der Waals surface area contributed by atoms with Crippen molar-refractivity contribution in [1.82, 2.24) is 19.7 Å². The molecule has 1 N–H and O–H groups in total. The fourth-order valence-electron chi connectivity index (χ4n) is 2.97. The molecule has 4 rings (SSSR count). The molecule has 0 aliphatic heterocycles. The van der Waals surface area contributed by atoms with Gasteiger partial charge in [0.25, 0.3) is 5.56 Å². The number of hydrogen-bond donors (Lipinski definition) is 1. The number of amides is 1. The summed E-state index contributed by atoms with van der Waals surface area (Å²) in [5.41, 5.74) is 2.69. The van der Waals surface area contributed by atoms with Gasteiger partial charge in [-0.2, -0.15) is 0 Å². The van der Waals surface area contributed by atoms with Gasteiger partial charge in [-0.25, -0.2) is 4.98 Å². The molecule has 0 spiro atoms. The van der Waals surface area contributed by atoms with E-state index in [1.54, 1.807) is 23.2 Å². The van der Waals surface area contributed by atoms with Gasteiger partial charge >= 0.3 is 0 Å². The highest BCUT2D eigenvalue weighted by Gasteiger charge is 2.20. The number of aryl methyl sites for hydroxylation is 3. The van der Waals surface area contributed by atoms with Crippen LogP contribution in [-0.2, 0) is 24.2 Å². The van der Waals surface area contributed by atoms with Gasteiger partial charge in [-0.15, -0.1) is 21.5 Å². The van der Waals surface area contributed by atoms with Crippen molar-refractivity contribution in [2.24, 2.45) is 0 Å². The van der Waals surface area contributed by atoms with Crippen LogP contribution < -0.4 is 10.9 Å². The molecule has 0 saturated carbocycles. The first-order chi connectivity index (χ1) is 11.7. The van der Waals surface area contributed by atoms with Gasteiger partial charge in [0.1, 0.15) is 10.3 Å². The number of carbonyl (C=O) groups excluding carboxylic acids is 1. The highest BCUT2D eigenvalue weighted by atomic mass is 32.1. The quantitative estimate of drug-likeness (QED) is 0.769. The largest absolute Gasteiger partial charge is 0.300 e. The number of fused-ring (bicyclic) bond motifs is 3. The summed E-state index contributed by atoms with van der Waals surface area (Å²) >= 11 is 2.89. The maximum absolute atomic E-state index is 12.8. The van der Waals surface area contributed by atoms with Gasteiger partial charge in [0.2, 0.25) is 11.0 Å². The molecular formula is C15H15N5O2S2. The van der Waals surface area contributed by atoms with Crippen LogP contribution in [0.1, 0.15) is 29.7 Å². The maximum atomic E-state index is 12.8. The lowest BCUT2D eigenvalue weighted by Crippen LogP contribution is -2.24. The third kappa shape index (κ3) is 2.84. The molecule has 1 aliphatic carbocycles. The Morgan fingerprint density at radius 1 is 1.33 bits per heavy atom. The minimum atomic E-state index is -0.189. The van der Waals surface area contributed by atoms with Gasteiger partial charge in [-0.05, 0) is 31.2 Å². The van der Waals surface area contributed by atoms with Gasteiger partial charge < -0.3 is 5.32 Å². The Labute approximate surface area is 145 Å². The number of carbonyl (C=O) groups is 1. The molecule has 1 aliphatic rings. The predicted octanol–water partition coefficient (Wildman–Crippen LogP) is 2.22. The maximum Gasteiger partial charge on any atom is 0.262 e. The monoisotopic (exact) mass is 361 g/mol. The summed E-state index contributed by atoms with van der Waals surface area (Å²) in [6.45, 7) is 0.303. The Kier molecular flexibility index (Phi) is 4.11. The van der Waals surface area contributed by atoms with Crippen LogP contribution in [0.25, 0.3) is 10.2 Å². The van der Waals surface area contributed by atoms with Gasteiger partial charge in [0.15, 0.2) is 0 Å². The molecule has 1 amide bonds. The van der Waals surface area contributed by atoms with Crippen molar-refractivity contribution < 1.29 is 4.79 Å². The van der Waals surface area contributed by atoms with E-state index in [1.807, 2.05) is 0 Å². The second-order valence-corrected chi connectivity index (χ2v) is 7.59. The summed E-state index contributed by atoms with van der Waals surface area (Å²) in [5.74, 6) is -0.189. The Balaban J connectivity index is 1.55. The molecule has 0 bridgehead atoms. The van der Waals surface area contributed by atoms with Crippen LogP contribution in [0.3, 0.4) is 0 Å². The molecule has 0 radical (unpaired) electrons. The molecule has 3 aromatic rings. The number of aromatic nitrogens is 4. The fraction of sp³-hybridized carbons (Fsp3) is 0.400. The third-order valence-electron chi connectivity index (χ3n) is 4.13. The summed E-state index contributed by atoms with van der Waals surface area (Å²) in [4.78, 5) is 31.3. The Hall–Kier alpha value is -2.13. The SMILES string of the molecule is O=C(CCn1cnc2sc3c(c2c1=O)CCCC3)Nc1nncs1. The van der Waals surface area contributed by atoms with E-state index in [2.05, 4.69) is 20.5 Å². The van der Waals surface area contributed by atoms with E-state index >= 15 is 0 Å². The molecule has 24 heavy (non-hydrogen) atoms. The van der Waals surface area contributed by atoms with Crippen LogP contribution in [0, 0.1) is 0 Å². The highest BCUT2D eigenvalue weighted by Crippen LogP contribution is 2.33. The summed E-state index contributed by atoms with van der Waals surface area (Å²) in [6.07, 6.45) is 6.04. The van der Waals surface area contributed by atoms with E-state index in [9.17, 15) is 9.59 Å². The summed E-state index contributed by atoms with van der Waals surface area (Å²) < 4.78 is 1.53. The summed E-state index contributed by atoms with van der Waals surface area (Å²) in [6, 6.07) is 0. The lowest BCUT2D eigenvalue weighted by molar-refractivity contribution is -0.116. The first-order valence-electron chi connectivity index (χ1n) is 7.78. The van der Waals surface area contributed by atoms with Crippen molar-refractivity contribution in [3.05, 3.63) is 32.6 Å². The number of nitrogens with one attached hydrogen (secondary N) is 1. The zero-order valence-electron chi connectivity index (χ0n) is 12.8. The first-order valence-corrected chi connectivity index (χ1v) is 9.47. The van der Waals surface area contributed by atoms with Gasteiger partial charge in [-0.3, -0.25) is 14.2 Å². The van der Waals surface area contributed by atoms with Crippen molar-refractivity contribution in [1.29, 1.82) is 0 Å². The van der Waals surface area contributed by atoms with Gasteiger partial charge in [0, 0.05) is 17.8 Å². The smallest absolute Gasteiger partial charge is 0.262 e. The number of rotatable bonds is 4. The number of nitrogens with zero attached hydrogens (tertiary/aromatic N) is 4. The number of anilines is 1. The topological polar surface area (TPSA) is 89.8 Å². The minimum Gasteiger partial charge on any atom is -0.300 e. The molecule has 7 nitrogen and oxygen atoms in total. The van der Waals surface area contributed by atoms with E-state index in [0.29, 0.717) is 11.7 Å². The molecule has 3 aromatic heterocycles. The average molecular weight is 361 g/mol. The Morgan fingerprint density at radius 3 is 3.04 bits per heavy atom. The van der Waals surface area contributed by atoms with E-state index in [-0.39, 0.29) is 17.9 Å². The fourth-order valence-corrected chi connectivity index (χ4v) is 4.65. The van der Waals surface area contributed by atoms with E-state index in [4.69, 9.17) is 0 Å². The van der Waals surface area contributed by atoms with Crippen molar-refractivity contribution >= 4 is 43.9 Å². The summed E-state index contributed by atoms with van der Waals surface area (Å²) in [5, 5.41) is 11.3. The highest BCUT2D eigenvalue weighted by molar-refractivity contribution is 7.18. The van der Waals surface area contributed by atoms with E-state index < -0.39 is 0 Å². The lowest BCUT2D eigenvalue weighted by Gasteiger charge is -2.10. The molecule has 0 aromatic carbocycles. The van der Waals surface area contributed by atoms with E-state index in [0.717, 1.165) is 29.5 Å². The first kappa shape index (κ1) is 15.4. The minimum absolute atomic E-state index is 0.0388. The van der Waals surface area contributed by atoms with Crippen LogP contribution in [0.4, 0.5) is 5.13 Å². The molecular weight excluding hydrogens is 346 g/mol. The summed E-state index contributed by atoms with van der Waals surface area (Å²) in [7, 11) is 0. The van der Waals surface area contributed by atoms with Crippen LogP contribution >= 0.6 is 22.7 Å². The van der Waals surface area contributed by atoms with Gasteiger partial charge in [-0.1, -0.05) is 11.3 Å². The Bertz CT molecular complexity index is 945. The molecule has 0 atom stereocenters. The van der Waals surface area contributed by atoms with Crippen LogP contribution in [0.5, 0.6) is 0 Å². The molecule has 0 fully saturated rings. The van der Waals surface area contributed by atoms with Gasteiger partial charge in [0.05, 0.1) is 11.7 Å². The molecule has 9 heteroatoms. The lowest BCUT2D eigenvalue weighted by atomic mass is 9.97. The van der Waals surface area contributed by atoms with Crippen molar-refractivity contribution in [2.45, 2.75) is 38.6 Å². The van der Waals surface area contributed by atoms with E-state index in [1.165, 1.54) is 32.8 Å².